The van der Waals surface area contributed by atoms with Gasteiger partial charge in [0.05, 0.1) is 0 Å². The van der Waals surface area contributed by atoms with E-state index in [4.69, 9.17) is 10.2 Å². The Balaban J connectivity index is 2.81. The summed E-state index contributed by atoms with van der Waals surface area (Å²) in [6, 6.07) is 0. The number of hydrogen-bond acceptors (Lipinski definition) is 3. The molecule has 1 rings (SSSR count). The topological polar surface area (TPSA) is 57.5 Å². The van der Waals surface area contributed by atoms with Crippen LogP contribution in [0, 0.1) is 0 Å². The molecule has 0 aromatic heterocycles. The van der Waals surface area contributed by atoms with Crippen molar-refractivity contribution < 1.29 is 15.0 Å². The number of allylic oxidation sites excluding steroid dienone is 2. The highest BCUT2D eigenvalue weighted by molar-refractivity contribution is 5.76. The van der Waals surface area contributed by atoms with Crippen molar-refractivity contribution in [2.45, 2.75) is 12.2 Å². The summed E-state index contributed by atoms with van der Waals surface area (Å²) < 4.78 is 0. The SMILES string of the molecule is O=CC1=CC=CC(O)C1O. The molecule has 3 heteroatoms. The molecule has 0 aromatic carbocycles. The summed E-state index contributed by atoms with van der Waals surface area (Å²) in [6.45, 7) is 0. The highest BCUT2D eigenvalue weighted by Crippen LogP contribution is 2.10. The van der Waals surface area contributed by atoms with Crippen LogP contribution in [0.1, 0.15) is 0 Å². The van der Waals surface area contributed by atoms with Crippen molar-refractivity contribution in [3.05, 3.63) is 23.8 Å². The Hall–Kier alpha value is -0.930. The summed E-state index contributed by atoms with van der Waals surface area (Å²) in [4.78, 5) is 10.1. The normalized spacial score (nSPS) is 31.6. The third-order valence-corrected chi connectivity index (χ3v) is 1.40. The molecule has 0 spiro atoms. The summed E-state index contributed by atoms with van der Waals surface area (Å²) >= 11 is 0. The number of aliphatic hydroxyl groups excluding tert-OH is 2. The van der Waals surface area contributed by atoms with Crippen LogP contribution in [0.2, 0.25) is 0 Å². The molecule has 1 aliphatic carbocycles. The first kappa shape index (κ1) is 7.18. The molecule has 3 nitrogen and oxygen atoms in total. The quantitative estimate of drug-likeness (QED) is 0.478. The van der Waals surface area contributed by atoms with Gasteiger partial charge in [-0.2, -0.15) is 0 Å². The molecular formula is C7H8O3. The smallest absolute Gasteiger partial charge is 0.148 e. The van der Waals surface area contributed by atoms with Crippen LogP contribution in [-0.4, -0.2) is 28.7 Å². The third-order valence-electron chi connectivity index (χ3n) is 1.40. The minimum Gasteiger partial charge on any atom is -0.386 e. The van der Waals surface area contributed by atoms with E-state index in [0.717, 1.165) is 0 Å². The first-order valence-electron chi connectivity index (χ1n) is 2.95. The molecule has 2 N–H and O–H groups in total. The van der Waals surface area contributed by atoms with E-state index >= 15 is 0 Å². The summed E-state index contributed by atoms with van der Waals surface area (Å²) in [6.07, 6.45) is 2.99. The van der Waals surface area contributed by atoms with Crippen LogP contribution in [0.25, 0.3) is 0 Å². The second-order valence-corrected chi connectivity index (χ2v) is 2.10. The number of aliphatic hydroxyl groups is 2. The van der Waals surface area contributed by atoms with Gasteiger partial charge in [0.25, 0.3) is 0 Å². The predicted molar refractivity (Wildman–Crippen MR) is 35.3 cm³/mol. The molecule has 0 aromatic rings. The molecular weight excluding hydrogens is 132 g/mol. The van der Waals surface area contributed by atoms with E-state index in [9.17, 15) is 4.79 Å². The van der Waals surface area contributed by atoms with Crippen molar-refractivity contribution in [2.75, 3.05) is 0 Å². The van der Waals surface area contributed by atoms with E-state index in [1.165, 1.54) is 12.2 Å². The van der Waals surface area contributed by atoms with Crippen LogP contribution in [0.15, 0.2) is 23.8 Å². The van der Waals surface area contributed by atoms with E-state index in [1.54, 1.807) is 6.08 Å². The molecule has 2 unspecified atom stereocenters. The monoisotopic (exact) mass is 140 g/mol. The number of carbonyl (C=O) groups excluding carboxylic acids is 1. The van der Waals surface area contributed by atoms with E-state index in [0.29, 0.717) is 6.29 Å². The van der Waals surface area contributed by atoms with Gasteiger partial charge in [0.2, 0.25) is 0 Å². The van der Waals surface area contributed by atoms with Crippen molar-refractivity contribution in [1.29, 1.82) is 0 Å². The van der Waals surface area contributed by atoms with Crippen LogP contribution in [-0.2, 0) is 4.79 Å². The Kier molecular flexibility index (Phi) is 1.99. The molecule has 10 heavy (non-hydrogen) atoms. The fourth-order valence-corrected chi connectivity index (χ4v) is 0.791. The second kappa shape index (κ2) is 2.77. The fourth-order valence-electron chi connectivity index (χ4n) is 0.791. The summed E-state index contributed by atoms with van der Waals surface area (Å²) in [5.74, 6) is 0. The minimum atomic E-state index is -1.05. The maximum absolute atomic E-state index is 10.1. The van der Waals surface area contributed by atoms with Gasteiger partial charge in [-0.15, -0.1) is 0 Å². The van der Waals surface area contributed by atoms with Crippen LogP contribution < -0.4 is 0 Å². The van der Waals surface area contributed by atoms with Crippen LogP contribution in [0.5, 0.6) is 0 Å². The maximum atomic E-state index is 10.1. The Bertz CT molecular complexity index is 193. The third kappa shape index (κ3) is 1.15. The van der Waals surface area contributed by atoms with Gasteiger partial charge in [-0.3, -0.25) is 4.79 Å². The number of aldehydes is 1. The Morgan fingerprint density at radius 2 is 2.20 bits per heavy atom. The van der Waals surface area contributed by atoms with Gasteiger partial charge in [-0.1, -0.05) is 18.2 Å². The molecule has 0 saturated heterocycles. The summed E-state index contributed by atoms with van der Waals surface area (Å²) in [5, 5.41) is 18.0. The maximum Gasteiger partial charge on any atom is 0.148 e. The van der Waals surface area contributed by atoms with Crippen molar-refractivity contribution >= 4 is 6.29 Å². The zero-order valence-electron chi connectivity index (χ0n) is 5.27. The second-order valence-electron chi connectivity index (χ2n) is 2.10. The fraction of sp³-hybridized carbons (Fsp3) is 0.286. The van der Waals surface area contributed by atoms with E-state index in [-0.39, 0.29) is 5.57 Å². The number of hydrogen-bond donors (Lipinski definition) is 2. The van der Waals surface area contributed by atoms with Crippen molar-refractivity contribution in [3.63, 3.8) is 0 Å². The van der Waals surface area contributed by atoms with Crippen LogP contribution in [0.3, 0.4) is 0 Å². The lowest BCUT2D eigenvalue weighted by atomic mass is 10.0. The summed E-state index contributed by atoms with van der Waals surface area (Å²) in [5.41, 5.74) is 0.218. The lowest BCUT2D eigenvalue weighted by molar-refractivity contribution is -0.106. The van der Waals surface area contributed by atoms with Crippen molar-refractivity contribution in [2.24, 2.45) is 0 Å². The molecule has 0 fully saturated rings. The number of rotatable bonds is 1. The van der Waals surface area contributed by atoms with Gasteiger partial charge in [0, 0.05) is 5.57 Å². The van der Waals surface area contributed by atoms with Gasteiger partial charge in [-0.05, 0) is 0 Å². The highest BCUT2D eigenvalue weighted by Gasteiger charge is 2.19. The predicted octanol–water partition coefficient (Wildman–Crippen LogP) is -0.597. The molecule has 0 aliphatic heterocycles. The van der Waals surface area contributed by atoms with E-state index in [1.807, 2.05) is 0 Å². The molecule has 0 bridgehead atoms. The Labute approximate surface area is 58.3 Å². The lowest BCUT2D eigenvalue weighted by Crippen LogP contribution is -2.28. The van der Waals surface area contributed by atoms with Gasteiger partial charge < -0.3 is 10.2 Å². The van der Waals surface area contributed by atoms with Gasteiger partial charge in [0.1, 0.15) is 18.5 Å². The lowest BCUT2D eigenvalue weighted by Gasteiger charge is -2.16. The zero-order chi connectivity index (χ0) is 7.56. The van der Waals surface area contributed by atoms with Gasteiger partial charge in [0.15, 0.2) is 0 Å². The molecule has 54 valence electrons. The van der Waals surface area contributed by atoms with Crippen LogP contribution >= 0.6 is 0 Å². The molecule has 2 atom stereocenters. The first-order chi connectivity index (χ1) is 4.75. The average molecular weight is 140 g/mol. The molecule has 0 amide bonds. The Morgan fingerprint density at radius 3 is 2.70 bits per heavy atom. The molecule has 1 aliphatic rings. The van der Waals surface area contributed by atoms with E-state index < -0.39 is 12.2 Å². The van der Waals surface area contributed by atoms with Gasteiger partial charge >= 0.3 is 0 Å². The average Bonchev–Trinajstić information content (AvgIpc) is 1.95. The number of carbonyl (C=O) groups is 1. The molecule has 0 saturated carbocycles. The highest BCUT2D eigenvalue weighted by atomic mass is 16.3. The van der Waals surface area contributed by atoms with Crippen molar-refractivity contribution in [1.82, 2.24) is 0 Å². The standard InChI is InChI=1S/C7H8O3/c8-4-5-2-1-3-6(9)7(5)10/h1-4,6-7,9-10H. The van der Waals surface area contributed by atoms with Crippen molar-refractivity contribution in [3.8, 4) is 0 Å². The first-order valence-corrected chi connectivity index (χ1v) is 2.95. The Morgan fingerprint density at radius 1 is 1.50 bits per heavy atom. The van der Waals surface area contributed by atoms with Crippen LogP contribution in [0.4, 0.5) is 0 Å². The summed E-state index contributed by atoms with van der Waals surface area (Å²) in [7, 11) is 0. The van der Waals surface area contributed by atoms with Gasteiger partial charge in [-0.25, -0.2) is 0 Å². The molecule has 0 heterocycles. The van der Waals surface area contributed by atoms with E-state index in [2.05, 4.69) is 0 Å². The largest absolute Gasteiger partial charge is 0.386 e. The minimum absolute atomic E-state index is 0.218. The zero-order valence-corrected chi connectivity index (χ0v) is 5.27. The molecule has 0 radical (unpaired) electrons.